The molecule has 3 heterocycles. The first-order valence-electron chi connectivity index (χ1n) is 11.8. The number of carbonyl (C=O) groups excluding carboxylic acids is 1. The molecule has 1 aliphatic carbocycles. The van der Waals surface area contributed by atoms with Gasteiger partial charge >= 0.3 is 6.18 Å². The van der Waals surface area contributed by atoms with Crippen molar-refractivity contribution >= 4 is 5.91 Å². The van der Waals surface area contributed by atoms with Gasteiger partial charge in [0.05, 0.1) is 23.7 Å². The number of amides is 1. The summed E-state index contributed by atoms with van der Waals surface area (Å²) in [6, 6.07) is 1.55. The highest BCUT2D eigenvalue weighted by Crippen LogP contribution is 2.47. The SMILES string of the molecule is CO[C@@H]1COCC[C@@H]1N[C@@H]1CC[C@](C(=O)N2CCc3ncc(C(F)(F)F)cc3C2)(C(C)C)C1. The van der Waals surface area contributed by atoms with E-state index >= 15 is 0 Å². The van der Waals surface area contributed by atoms with Gasteiger partial charge < -0.3 is 19.7 Å². The summed E-state index contributed by atoms with van der Waals surface area (Å²) in [5, 5.41) is 3.72. The molecule has 0 spiro atoms. The fraction of sp³-hybridized carbons (Fsp3) is 0.750. The predicted octanol–water partition coefficient (Wildman–Crippen LogP) is 3.57. The monoisotopic (exact) mass is 469 g/mol. The zero-order chi connectivity index (χ0) is 23.8. The zero-order valence-electron chi connectivity index (χ0n) is 19.6. The van der Waals surface area contributed by atoms with Gasteiger partial charge in [0.15, 0.2) is 0 Å². The Morgan fingerprint density at radius 2 is 2.15 bits per heavy atom. The van der Waals surface area contributed by atoms with Gasteiger partial charge in [0, 0.05) is 57.2 Å². The molecule has 2 fully saturated rings. The molecular formula is C24H34F3N3O3. The normalized spacial score (nSPS) is 30.5. The number of halogens is 3. The molecule has 6 nitrogen and oxygen atoms in total. The molecule has 4 rings (SSSR count). The number of carbonyl (C=O) groups is 1. The average molecular weight is 470 g/mol. The number of aromatic nitrogens is 1. The molecule has 1 aromatic heterocycles. The van der Waals surface area contributed by atoms with Crippen LogP contribution in [0.3, 0.4) is 0 Å². The number of rotatable bonds is 5. The minimum Gasteiger partial charge on any atom is -0.379 e. The van der Waals surface area contributed by atoms with Gasteiger partial charge in [0.25, 0.3) is 0 Å². The third-order valence-corrected chi connectivity index (χ3v) is 7.79. The standard InChI is InChI=1S/C24H34F3N3O3/c1-15(2)23(7-4-18(11-23)29-20-6-9-33-14-21(20)32-3)22(31)30-8-5-19-16(13-30)10-17(12-28-19)24(25,26)27/h10,12,15,18,20-21,29H,4-9,11,13-14H2,1-3H3/t18-,20+,21-,23-/m1/s1. The van der Waals surface area contributed by atoms with Gasteiger partial charge in [-0.3, -0.25) is 9.78 Å². The van der Waals surface area contributed by atoms with Crippen LogP contribution in [0, 0.1) is 11.3 Å². The summed E-state index contributed by atoms with van der Waals surface area (Å²) in [6.07, 6.45) is 0.180. The van der Waals surface area contributed by atoms with Crippen LogP contribution in [0.4, 0.5) is 13.2 Å². The molecule has 1 N–H and O–H groups in total. The first-order chi connectivity index (χ1) is 15.6. The number of nitrogens with one attached hydrogen (secondary N) is 1. The van der Waals surface area contributed by atoms with E-state index in [1.165, 1.54) is 0 Å². The maximum Gasteiger partial charge on any atom is 0.417 e. The van der Waals surface area contributed by atoms with Crippen LogP contribution in [-0.2, 0) is 33.4 Å². The van der Waals surface area contributed by atoms with Gasteiger partial charge in [-0.15, -0.1) is 0 Å². The van der Waals surface area contributed by atoms with Crippen molar-refractivity contribution in [2.45, 2.75) is 76.9 Å². The number of nitrogens with zero attached hydrogens (tertiary/aromatic N) is 2. The topological polar surface area (TPSA) is 63.7 Å². The lowest BCUT2D eigenvalue weighted by Crippen LogP contribution is -2.52. The first-order valence-corrected chi connectivity index (χ1v) is 11.8. The smallest absolute Gasteiger partial charge is 0.379 e. The van der Waals surface area contributed by atoms with Gasteiger partial charge in [0.2, 0.25) is 5.91 Å². The van der Waals surface area contributed by atoms with E-state index in [2.05, 4.69) is 24.1 Å². The van der Waals surface area contributed by atoms with Crippen LogP contribution in [-0.4, -0.2) is 60.8 Å². The fourth-order valence-corrected chi connectivity index (χ4v) is 5.69. The van der Waals surface area contributed by atoms with Crippen LogP contribution in [0.5, 0.6) is 0 Å². The van der Waals surface area contributed by atoms with E-state index in [0.717, 1.165) is 37.9 Å². The molecule has 184 valence electrons. The average Bonchev–Trinajstić information content (AvgIpc) is 3.23. The van der Waals surface area contributed by atoms with Crippen molar-refractivity contribution in [3.63, 3.8) is 0 Å². The van der Waals surface area contributed by atoms with E-state index in [0.29, 0.717) is 37.4 Å². The summed E-state index contributed by atoms with van der Waals surface area (Å²) in [7, 11) is 1.69. The molecule has 1 amide bonds. The van der Waals surface area contributed by atoms with Crippen molar-refractivity contribution in [2.75, 3.05) is 26.9 Å². The summed E-state index contributed by atoms with van der Waals surface area (Å²) in [6.45, 7) is 6.09. The molecule has 4 atom stereocenters. The molecule has 33 heavy (non-hydrogen) atoms. The maximum absolute atomic E-state index is 13.8. The first kappa shape index (κ1) is 24.4. The molecule has 3 aliphatic rings. The van der Waals surface area contributed by atoms with Crippen molar-refractivity contribution in [1.29, 1.82) is 0 Å². The van der Waals surface area contributed by atoms with Crippen molar-refractivity contribution < 1.29 is 27.4 Å². The lowest BCUT2D eigenvalue weighted by atomic mass is 9.74. The van der Waals surface area contributed by atoms with Crippen molar-refractivity contribution in [3.05, 3.63) is 29.1 Å². The number of hydrogen-bond acceptors (Lipinski definition) is 5. The van der Waals surface area contributed by atoms with E-state index in [1.807, 2.05) is 0 Å². The summed E-state index contributed by atoms with van der Waals surface area (Å²) >= 11 is 0. The summed E-state index contributed by atoms with van der Waals surface area (Å²) in [5.41, 5.74) is -0.121. The van der Waals surface area contributed by atoms with E-state index in [1.54, 1.807) is 12.0 Å². The second-order valence-electron chi connectivity index (χ2n) is 9.97. The Bertz CT molecular complexity index is 863. The number of methoxy groups -OCH3 is 1. The molecule has 9 heteroatoms. The third-order valence-electron chi connectivity index (χ3n) is 7.79. The Kier molecular flexibility index (Phi) is 7.03. The highest BCUT2D eigenvalue weighted by Gasteiger charge is 2.50. The molecule has 0 aromatic carbocycles. The highest BCUT2D eigenvalue weighted by atomic mass is 19.4. The minimum absolute atomic E-state index is 0.00238. The predicted molar refractivity (Wildman–Crippen MR) is 116 cm³/mol. The van der Waals surface area contributed by atoms with E-state index in [-0.39, 0.29) is 36.6 Å². The number of alkyl halides is 3. The molecule has 1 aromatic rings. The van der Waals surface area contributed by atoms with Crippen LogP contribution in [0.25, 0.3) is 0 Å². The Balaban J connectivity index is 1.48. The van der Waals surface area contributed by atoms with Gasteiger partial charge in [-0.2, -0.15) is 13.2 Å². The van der Waals surface area contributed by atoms with Gasteiger partial charge in [-0.25, -0.2) is 0 Å². The molecule has 2 aliphatic heterocycles. The maximum atomic E-state index is 13.8. The molecule has 0 unspecified atom stereocenters. The van der Waals surface area contributed by atoms with Crippen LogP contribution in [0.1, 0.15) is 56.4 Å². The summed E-state index contributed by atoms with van der Waals surface area (Å²) < 4.78 is 50.6. The molecular weight excluding hydrogens is 435 g/mol. The van der Waals surface area contributed by atoms with Crippen LogP contribution in [0.2, 0.25) is 0 Å². The molecule has 1 saturated heterocycles. The zero-order valence-corrected chi connectivity index (χ0v) is 19.6. The number of ether oxygens (including phenoxy) is 2. The van der Waals surface area contributed by atoms with Crippen LogP contribution >= 0.6 is 0 Å². The van der Waals surface area contributed by atoms with Crippen LogP contribution < -0.4 is 5.32 Å². The van der Waals surface area contributed by atoms with Gasteiger partial charge in [-0.05, 0) is 43.2 Å². The van der Waals surface area contributed by atoms with Crippen molar-refractivity contribution in [3.8, 4) is 0 Å². The Morgan fingerprint density at radius 3 is 2.85 bits per heavy atom. The number of hydrogen-bond donors (Lipinski definition) is 1. The fourth-order valence-electron chi connectivity index (χ4n) is 5.69. The van der Waals surface area contributed by atoms with E-state index in [4.69, 9.17) is 9.47 Å². The van der Waals surface area contributed by atoms with E-state index < -0.39 is 17.2 Å². The van der Waals surface area contributed by atoms with Crippen LogP contribution in [0.15, 0.2) is 12.3 Å². The lowest BCUT2D eigenvalue weighted by Gasteiger charge is -2.40. The number of pyridine rings is 1. The molecule has 0 radical (unpaired) electrons. The summed E-state index contributed by atoms with van der Waals surface area (Å²) in [4.78, 5) is 19.6. The third kappa shape index (κ3) is 4.91. The Morgan fingerprint density at radius 1 is 1.36 bits per heavy atom. The van der Waals surface area contributed by atoms with Gasteiger partial charge in [-0.1, -0.05) is 13.8 Å². The lowest BCUT2D eigenvalue weighted by molar-refractivity contribution is -0.146. The largest absolute Gasteiger partial charge is 0.417 e. The minimum atomic E-state index is -4.44. The number of fused-ring (bicyclic) bond motifs is 1. The molecule has 1 saturated carbocycles. The second kappa shape index (κ2) is 9.50. The quantitative estimate of drug-likeness (QED) is 0.714. The Labute approximate surface area is 193 Å². The van der Waals surface area contributed by atoms with E-state index in [9.17, 15) is 18.0 Å². The van der Waals surface area contributed by atoms with Crippen molar-refractivity contribution in [1.82, 2.24) is 15.2 Å². The Hall–Kier alpha value is -1.71. The summed E-state index contributed by atoms with van der Waals surface area (Å²) in [5.74, 6) is 0.186. The van der Waals surface area contributed by atoms with Gasteiger partial charge in [0.1, 0.15) is 0 Å². The van der Waals surface area contributed by atoms with Crippen molar-refractivity contribution in [2.24, 2.45) is 11.3 Å². The second-order valence-corrected chi connectivity index (χ2v) is 9.97. The molecule has 0 bridgehead atoms. The highest BCUT2D eigenvalue weighted by molar-refractivity contribution is 5.83.